The molecule has 0 saturated carbocycles. The zero-order valence-corrected chi connectivity index (χ0v) is 30.8. The van der Waals surface area contributed by atoms with Gasteiger partial charge in [-0.2, -0.15) is 0 Å². The summed E-state index contributed by atoms with van der Waals surface area (Å²) < 4.78 is 34.8. The van der Waals surface area contributed by atoms with Gasteiger partial charge in [0.15, 0.2) is 16.4 Å². The first-order chi connectivity index (χ1) is 24.0. The van der Waals surface area contributed by atoms with Crippen molar-refractivity contribution < 1.29 is 32.6 Å². The maximum absolute atomic E-state index is 14.4. The molecular weight excluding hydrogens is 675 g/mol. The standard InChI is InChI=1S/C38H49N3O7S2/c1-4-6-20-38(21-7-5-2)26-41(29-17-12-9-13-18-29)30-23-32(49-3)31(24-33(30)50(46,47)27-38)48-25-34(42)40-36(28-15-10-8-11-16-28)37(45)39-22-14-19-35(43)44/h8-13,15-18,23-24,36H,4-7,14,19-22,25-27H2,1-3H3,(H,39,45)(H,40,42)(H,43,44). The molecule has 0 aromatic heterocycles. The van der Waals surface area contributed by atoms with E-state index in [-0.39, 0.29) is 35.8 Å². The van der Waals surface area contributed by atoms with Gasteiger partial charge in [-0.05, 0) is 49.3 Å². The van der Waals surface area contributed by atoms with E-state index in [2.05, 4.69) is 29.4 Å². The van der Waals surface area contributed by atoms with Crippen LogP contribution in [0.25, 0.3) is 0 Å². The second-order valence-electron chi connectivity index (χ2n) is 12.8. The lowest BCUT2D eigenvalue weighted by Gasteiger charge is -2.37. The lowest BCUT2D eigenvalue weighted by molar-refractivity contribution is -0.137. The summed E-state index contributed by atoms with van der Waals surface area (Å²) >= 11 is 1.40. The molecule has 50 heavy (non-hydrogen) atoms. The molecule has 1 unspecified atom stereocenters. The third kappa shape index (κ3) is 10.3. The van der Waals surface area contributed by atoms with Crippen molar-refractivity contribution in [2.75, 3.05) is 36.6 Å². The Balaban J connectivity index is 1.64. The topological polar surface area (TPSA) is 142 Å². The Morgan fingerprint density at radius 2 is 1.60 bits per heavy atom. The van der Waals surface area contributed by atoms with Crippen LogP contribution >= 0.6 is 11.8 Å². The zero-order valence-electron chi connectivity index (χ0n) is 29.2. The molecule has 3 aromatic carbocycles. The van der Waals surface area contributed by atoms with Crippen molar-refractivity contribution >= 4 is 50.8 Å². The summed E-state index contributed by atoms with van der Waals surface area (Å²) in [4.78, 5) is 40.3. The predicted octanol–water partition coefficient (Wildman–Crippen LogP) is 6.92. The van der Waals surface area contributed by atoms with Crippen LogP contribution in [0.2, 0.25) is 0 Å². The molecule has 1 aliphatic rings. The summed E-state index contributed by atoms with van der Waals surface area (Å²) in [5.41, 5.74) is 1.61. The van der Waals surface area contributed by atoms with Crippen molar-refractivity contribution in [1.82, 2.24) is 10.6 Å². The smallest absolute Gasteiger partial charge is 0.303 e. The van der Waals surface area contributed by atoms with E-state index in [9.17, 15) is 22.8 Å². The average Bonchev–Trinajstić information content (AvgIpc) is 3.21. The normalized spacial score (nSPS) is 15.3. The Morgan fingerprint density at radius 1 is 0.960 bits per heavy atom. The molecule has 0 fully saturated rings. The van der Waals surface area contributed by atoms with Crippen molar-refractivity contribution in [1.29, 1.82) is 0 Å². The van der Waals surface area contributed by atoms with Crippen molar-refractivity contribution in [3.05, 3.63) is 78.4 Å². The number of carboxylic acids is 1. The highest BCUT2D eigenvalue weighted by atomic mass is 32.2. The highest BCUT2D eigenvalue weighted by Gasteiger charge is 2.42. The number of carbonyl (C=O) groups is 3. The Hall–Kier alpha value is -4.03. The van der Waals surface area contributed by atoms with E-state index in [0.717, 1.165) is 44.2 Å². The molecule has 0 saturated heterocycles. The number of nitrogens with zero attached hydrogens (tertiary/aromatic N) is 1. The van der Waals surface area contributed by atoms with Crippen molar-refractivity contribution in [2.24, 2.45) is 5.41 Å². The number of aliphatic carboxylic acids is 1. The summed E-state index contributed by atoms with van der Waals surface area (Å²) in [6.07, 6.45) is 7.44. The number of carbonyl (C=O) groups excluding carboxylic acids is 2. The van der Waals surface area contributed by atoms with Crippen LogP contribution in [-0.2, 0) is 24.2 Å². The van der Waals surface area contributed by atoms with Crippen LogP contribution in [0.1, 0.15) is 76.8 Å². The number of anilines is 2. The second-order valence-corrected chi connectivity index (χ2v) is 15.7. The van der Waals surface area contributed by atoms with E-state index < -0.39 is 45.7 Å². The van der Waals surface area contributed by atoms with Gasteiger partial charge in [0.05, 0.1) is 21.2 Å². The Kier molecular flexibility index (Phi) is 14.2. The van der Waals surface area contributed by atoms with Gasteiger partial charge < -0.3 is 25.4 Å². The van der Waals surface area contributed by atoms with Crippen molar-refractivity contribution in [3.8, 4) is 5.75 Å². The number of fused-ring (bicyclic) bond motifs is 1. The average molecular weight is 724 g/mol. The Morgan fingerprint density at radius 3 is 2.20 bits per heavy atom. The quantitative estimate of drug-likeness (QED) is 0.0942. The van der Waals surface area contributed by atoms with Crippen LogP contribution in [0.5, 0.6) is 5.75 Å². The van der Waals surface area contributed by atoms with E-state index in [4.69, 9.17) is 9.84 Å². The monoisotopic (exact) mass is 723 g/mol. The van der Waals surface area contributed by atoms with Gasteiger partial charge in [-0.3, -0.25) is 14.4 Å². The lowest BCUT2D eigenvalue weighted by atomic mass is 9.79. The minimum atomic E-state index is -3.78. The molecule has 0 radical (unpaired) electrons. The first-order valence-corrected chi connectivity index (χ1v) is 20.1. The van der Waals surface area contributed by atoms with Crippen molar-refractivity contribution in [2.45, 2.75) is 81.0 Å². The number of sulfone groups is 1. The number of para-hydroxylation sites is 1. The highest BCUT2D eigenvalue weighted by Crippen LogP contribution is 2.47. The van der Waals surface area contributed by atoms with Crippen LogP contribution in [0.15, 0.2) is 82.6 Å². The molecular formula is C38H49N3O7S2. The molecule has 12 heteroatoms. The van der Waals surface area contributed by atoms with E-state index >= 15 is 0 Å². The van der Waals surface area contributed by atoms with Crippen LogP contribution in [0.4, 0.5) is 11.4 Å². The van der Waals surface area contributed by atoms with Crippen LogP contribution < -0.4 is 20.3 Å². The number of carboxylic acid groups (broad SMARTS) is 1. The SMILES string of the molecule is CCCCC1(CCCC)CN(c2ccccc2)c2cc(SC)c(OCC(=O)NC(C(=O)NCCCC(=O)O)c3ccccc3)cc2S(=O)(=O)C1. The molecule has 270 valence electrons. The van der Waals surface area contributed by atoms with Gasteiger partial charge in [-0.15, -0.1) is 11.8 Å². The number of hydrogen-bond acceptors (Lipinski definition) is 8. The number of benzene rings is 3. The fraction of sp³-hybridized carbons (Fsp3) is 0.447. The molecule has 0 aliphatic carbocycles. The maximum Gasteiger partial charge on any atom is 0.303 e. The molecule has 3 aromatic rings. The molecule has 1 heterocycles. The van der Waals surface area contributed by atoms with Gasteiger partial charge in [-0.1, -0.05) is 88.1 Å². The summed E-state index contributed by atoms with van der Waals surface area (Å²) in [7, 11) is -3.78. The molecule has 2 amide bonds. The third-order valence-corrected chi connectivity index (χ3v) is 11.7. The number of amides is 2. The Labute approximate surface area is 300 Å². The molecule has 3 N–H and O–H groups in total. The summed E-state index contributed by atoms with van der Waals surface area (Å²) in [6.45, 7) is 4.51. The van der Waals surface area contributed by atoms with E-state index in [1.807, 2.05) is 42.7 Å². The molecule has 4 rings (SSSR count). The molecule has 1 aliphatic heterocycles. The predicted molar refractivity (Wildman–Crippen MR) is 198 cm³/mol. The number of thioether (sulfide) groups is 1. The minimum absolute atomic E-state index is 0.0230. The highest BCUT2D eigenvalue weighted by molar-refractivity contribution is 7.98. The number of ether oxygens (including phenoxy) is 1. The largest absolute Gasteiger partial charge is 0.483 e. The minimum Gasteiger partial charge on any atom is -0.483 e. The first-order valence-electron chi connectivity index (χ1n) is 17.3. The van der Waals surface area contributed by atoms with E-state index in [1.54, 1.807) is 36.4 Å². The first kappa shape index (κ1) is 38.8. The van der Waals surface area contributed by atoms with Gasteiger partial charge >= 0.3 is 5.97 Å². The third-order valence-electron chi connectivity index (χ3n) is 8.98. The molecule has 10 nitrogen and oxygen atoms in total. The van der Waals surface area contributed by atoms with Crippen LogP contribution in [-0.4, -0.2) is 63.0 Å². The van der Waals surface area contributed by atoms with Crippen molar-refractivity contribution in [3.63, 3.8) is 0 Å². The molecule has 0 bridgehead atoms. The lowest BCUT2D eigenvalue weighted by Crippen LogP contribution is -2.42. The van der Waals surface area contributed by atoms with Gasteiger partial charge in [0.25, 0.3) is 5.91 Å². The van der Waals surface area contributed by atoms with Gasteiger partial charge in [-0.25, -0.2) is 8.42 Å². The zero-order chi connectivity index (χ0) is 36.1. The maximum atomic E-state index is 14.4. The number of nitrogens with one attached hydrogen (secondary N) is 2. The summed E-state index contributed by atoms with van der Waals surface area (Å²) in [5.74, 6) is -1.72. The molecule has 1 atom stereocenters. The second kappa shape index (κ2) is 18.3. The number of rotatable bonds is 18. The Bertz CT molecular complexity index is 1690. The van der Waals surface area contributed by atoms with E-state index in [1.165, 1.54) is 11.8 Å². The van der Waals surface area contributed by atoms with Gasteiger partial charge in [0.2, 0.25) is 5.91 Å². The number of unbranched alkanes of at least 4 members (excludes halogenated alkanes) is 2. The van der Waals surface area contributed by atoms with E-state index in [0.29, 0.717) is 22.7 Å². The summed E-state index contributed by atoms with van der Waals surface area (Å²) in [6, 6.07) is 21.0. The van der Waals surface area contributed by atoms with Gasteiger partial charge in [0, 0.05) is 36.7 Å². The summed E-state index contributed by atoms with van der Waals surface area (Å²) in [5, 5.41) is 14.3. The van der Waals surface area contributed by atoms with Gasteiger partial charge in [0.1, 0.15) is 11.8 Å². The molecule has 0 spiro atoms. The fourth-order valence-electron chi connectivity index (χ4n) is 6.42. The fourth-order valence-corrected chi connectivity index (χ4v) is 9.09. The number of hydrogen-bond donors (Lipinski definition) is 3. The van der Waals surface area contributed by atoms with Crippen LogP contribution in [0, 0.1) is 5.41 Å². The van der Waals surface area contributed by atoms with Crippen LogP contribution in [0.3, 0.4) is 0 Å².